The Labute approximate surface area is 161 Å². The molecule has 0 fully saturated rings. The van der Waals surface area contributed by atoms with Crippen LogP contribution in [0.25, 0.3) is 10.9 Å². The standard InChI is InChI=1S/C22H28N4O/c1-21(2,3)15-13-17(22(4,5)6)25-19-14(15)9-8-10-16(19)24-20-23-12-11-18(26-20)27-7/h8-13H,1-7H3,(H,23,24,26). The molecule has 1 aromatic carbocycles. The van der Waals surface area contributed by atoms with Crippen LogP contribution in [0.1, 0.15) is 52.8 Å². The Hall–Kier alpha value is -2.69. The lowest BCUT2D eigenvalue weighted by Crippen LogP contribution is -2.19. The highest BCUT2D eigenvalue weighted by Gasteiger charge is 2.24. The number of fused-ring (bicyclic) bond motifs is 1. The highest BCUT2D eigenvalue weighted by atomic mass is 16.5. The van der Waals surface area contributed by atoms with Crippen molar-refractivity contribution in [3.05, 3.63) is 47.8 Å². The van der Waals surface area contributed by atoms with Crippen molar-refractivity contribution >= 4 is 22.5 Å². The molecular formula is C22H28N4O. The molecular weight excluding hydrogens is 336 g/mol. The number of aromatic nitrogens is 3. The zero-order chi connectivity index (χ0) is 19.8. The monoisotopic (exact) mass is 364 g/mol. The van der Waals surface area contributed by atoms with Crippen LogP contribution in [0.15, 0.2) is 36.5 Å². The van der Waals surface area contributed by atoms with Gasteiger partial charge in [0, 0.05) is 28.8 Å². The van der Waals surface area contributed by atoms with Crippen LogP contribution in [0.5, 0.6) is 5.88 Å². The maximum absolute atomic E-state index is 5.20. The minimum absolute atomic E-state index is 0.00623. The van der Waals surface area contributed by atoms with Gasteiger partial charge in [-0.05, 0) is 23.1 Å². The van der Waals surface area contributed by atoms with Crippen molar-refractivity contribution < 1.29 is 4.74 Å². The number of nitrogens with zero attached hydrogens (tertiary/aromatic N) is 3. The summed E-state index contributed by atoms with van der Waals surface area (Å²) in [6.45, 7) is 13.3. The Bertz CT molecular complexity index is 968. The number of hydrogen-bond donors (Lipinski definition) is 1. The van der Waals surface area contributed by atoms with Gasteiger partial charge in [0.25, 0.3) is 0 Å². The number of rotatable bonds is 3. The van der Waals surface area contributed by atoms with Crippen molar-refractivity contribution in [1.29, 1.82) is 0 Å². The fourth-order valence-electron chi connectivity index (χ4n) is 2.99. The Balaban J connectivity index is 2.21. The quantitative estimate of drug-likeness (QED) is 0.677. The van der Waals surface area contributed by atoms with E-state index < -0.39 is 0 Å². The van der Waals surface area contributed by atoms with Crippen LogP contribution < -0.4 is 10.1 Å². The summed E-state index contributed by atoms with van der Waals surface area (Å²) in [6.07, 6.45) is 1.67. The number of anilines is 2. The van der Waals surface area contributed by atoms with Crippen LogP contribution in [0.3, 0.4) is 0 Å². The first-order valence-corrected chi connectivity index (χ1v) is 9.18. The first kappa shape index (κ1) is 19.1. The summed E-state index contributed by atoms with van der Waals surface area (Å²) in [4.78, 5) is 13.7. The number of para-hydroxylation sites is 1. The summed E-state index contributed by atoms with van der Waals surface area (Å²) in [5.74, 6) is 1.01. The number of ether oxygens (including phenoxy) is 1. The Morgan fingerprint density at radius 1 is 0.926 bits per heavy atom. The van der Waals surface area contributed by atoms with Gasteiger partial charge in [-0.3, -0.25) is 4.98 Å². The smallest absolute Gasteiger partial charge is 0.230 e. The number of benzene rings is 1. The van der Waals surface area contributed by atoms with Crippen molar-refractivity contribution in [2.24, 2.45) is 0 Å². The van der Waals surface area contributed by atoms with Crippen LogP contribution in [0.2, 0.25) is 0 Å². The molecule has 0 unspecified atom stereocenters. The third-order valence-electron chi connectivity index (χ3n) is 4.50. The van der Waals surface area contributed by atoms with Crippen LogP contribution in [0.4, 0.5) is 11.6 Å². The molecule has 0 bridgehead atoms. The summed E-state index contributed by atoms with van der Waals surface area (Å²) in [6, 6.07) is 10.2. The third kappa shape index (κ3) is 4.02. The molecule has 0 aliphatic carbocycles. The molecule has 1 N–H and O–H groups in total. The summed E-state index contributed by atoms with van der Waals surface area (Å²) in [7, 11) is 1.59. The molecule has 0 saturated carbocycles. The molecule has 0 radical (unpaired) electrons. The molecule has 142 valence electrons. The van der Waals surface area contributed by atoms with E-state index in [2.05, 4.69) is 69.0 Å². The maximum Gasteiger partial charge on any atom is 0.230 e. The Kier molecular flexibility index (Phi) is 4.81. The molecule has 0 saturated heterocycles. The third-order valence-corrected chi connectivity index (χ3v) is 4.50. The lowest BCUT2D eigenvalue weighted by molar-refractivity contribution is 0.397. The first-order valence-electron chi connectivity index (χ1n) is 9.18. The van der Waals surface area contributed by atoms with Gasteiger partial charge in [0.05, 0.1) is 18.3 Å². The van der Waals surface area contributed by atoms with Crippen LogP contribution in [-0.2, 0) is 10.8 Å². The zero-order valence-corrected chi connectivity index (χ0v) is 17.2. The summed E-state index contributed by atoms with van der Waals surface area (Å²) >= 11 is 0. The predicted molar refractivity (Wildman–Crippen MR) is 111 cm³/mol. The highest BCUT2D eigenvalue weighted by molar-refractivity contribution is 5.94. The summed E-state index contributed by atoms with van der Waals surface area (Å²) in [5.41, 5.74) is 4.13. The van der Waals surface area contributed by atoms with E-state index in [1.54, 1.807) is 19.4 Å². The van der Waals surface area contributed by atoms with E-state index in [1.165, 1.54) is 5.56 Å². The van der Waals surface area contributed by atoms with Crippen molar-refractivity contribution in [1.82, 2.24) is 15.0 Å². The van der Waals surface area contributed by atoms with Gasteiger partial charge >= 0.3 is 0 Å². The van der Waals surface area contributed by atoms with Gasteiger partial charge < -0.3 is 10.1 Å². The number of hydrogen-bond acceptors (Lipinski definition) is 5. The second kappa shape index (κ2) is 6.80. The molecule has 27 heavy (non-hydrogen) atoms. The molecule has 2 aromatic heterocycles. The second-order valence-corrected chi connectivity index (χ2v) is 8.80. The van der Waals surface area contributed by atoms with Gasteiger partial charge in [0.15, 0.2) is 0 Å². The molecule has 5 heteroatoms. The van der Waals surface area contributed by atoms with Gasteiger partial charge in [0.1, 0.15) is 0 Å². The van der Waals surface area contributed by atoms with Crippen molar-refractivity contribution in [2.75, 3.05) is 12.4 Å². The fourth-order valence-corrected chi connectivity index (χ4v) is 2.99. The maximum atomic E-state index is 5.20. The van der Waals surface area contributed by atoms with Crippen LogP contribution >= 0.6 is 0 Å². The Morgan fingerprint density at radius 3 is 2.30 bits per heavy atom. The second-order valence-electron chi connectivity index (χ2n) is 8.80. The average molecular weight is 364 g/mol. The minimum atomic E-state index is -0.0478. The first-order chi connectivity index (χ1) is 12.6. The van der Waals surface area contributed by atoms with Crippen LogP contribution in [-0.4, -0.2) is 22.1 Å². The summed E-state index contributed by atoms with van der Waals surface area (Å²) in [5, 5.41) is 4.46. The van der Waals surface area contributed by atoms with Gasteiger partial charge in [-0.1, -0.05) is 53.7 Å². The molecule has 0 aliphatic heterocycles. The zero-order valence-electron chi connectivity index (χ0n) is 17.2. The Morgan fingerprint density at radius 2 is 1.67 bits per heavy atom. The van der Waals surface area contributed by atoms with Gasteiger partial charge in [-0.2, -0.15) is 4.98 Å². The SMILES string of the molecule is COc1ccnc(Nc2cccc3c(C(C)(C)C)cc(C(C)(C)C)nc23)n1. The van der Waals surface area contributed by atoms with E-state index in [4.69, 9.17) is 9.72 Å². The minimum Gasteiger partial charge on any atom is -0.481 e. The molecule has 0 aliphatic rings. The van der Waals surface area contributed by atoms with E-state index in [9.17, 15) is 0 Å². The van der Waals surface area contributed by atoms with E-state index in [-0.39, 0.29) is 10.8 Å². The number of pyridine rings is 1. The lowest BCUT2D eigenvalue weighted by atomic mass is 9.81. The normalized spacial score (nSPS) is 12.3. The fraction of sp³-hybridized carbons (Fsp3) is 0.409. The summed E-state index contributed by atoms with van der Waals surface area (Å²) < 4.78 is 5.20. The molecule has 3 rings (SSSR count). The van der Waals surface area contributed by atoms with Crippen LogP contribution in [0, 0.1) is 0 Å². The lowest BCUT2D eigenvalue weighted by Gasteiger charge is -2.26. The van der Waals surface area contributed by atoms with E-state index in [1.807, 2.05) is 12.1 Å². The largest absolute Gasteiger partial charge is 0.481 e. The van der Waals surface area contributed by atoms with Crippen molar-refractivity contribution in [2.45, 2.75) is 52.4 Å². The average Bonchev–Trinajstić information content (AvgIpc) is 2.59. The number of methoxy groups -OCH3 is 1. The van der Waals surface area contributed by atoms with E-state index in [0.29, 0.717) is 11.8 Å². The predicted octanol–water partition coefficient (Wildman–Crippen LogP) is 5.37. The van der Waals surface area contributed by atoms with Crippen molar-refractivity contribution in [3.8, 4) is 5.88 Å². The van der Waals surface area contributed by atoms with Crippen molar-refractivity contribution in [3.63, 3.8) is 0 Å². The van der Waals surface area contributed by atoms with Gasteiger partial charge in [-0.25, -0.2) is 4.98 Å². The molecule has 2 heterocycles. The molecule has 0 amide bonds. The van der Waals surface area contributed by atoms with Gasteiger partial charge in [0.2, 0.25) is 11.8 Å². The van der Waals surface area contributed by atoms with E-state index in [0.717, 1.165) is 22.3 Å². The molecule has 5 nitrogen and oxygen atoms in total. The molecule has 0 atom stereocenters. The van der Waals surface area contributed by atoms with Gasteiger partial charge in [-0.15, -0.1) is 0 Å². The highest BCUT2D eigenvalue weighted by Crippen LogP contribution is 2.36. The van der Waals surface area contributed by atoms with E-state index >= 15 is 0 Å². The molecule has 3 aromatic rings. The molecule has 0 spiro atoms. The number of nitrogens with one attached hydrogen (secondary N) is 1. The topological polar surface area (TPSA) is 59.9 Å².